The zero-order chi connectivity index (χ0) is 12.1. The van der Waals surface area contributed by atoms with Gasteiger partial charge in [-0.15, -0.1) is 0 Å². The molecule has 1 aliphatic carbocycles. The van der Waals surface area contributed by atoms with Gasteiger partial charge in [-0.05, 0) is 32.6 Å². The second-order valence-electron chi connectivity index (χ2n) is 5.86. The highest BCUT2D eigenvalue weighted by Gasteiger charge is 2.53. The quantitative estimate of drug-likeness (QED) is 0.771. The SMILES string of the molecule is CC1CN(C(=O)C2CC2C(=O)O)C(C)(C)C1. The molecule has 90 valence electrons. The Labute approximate surface area is 95.6 Å². The second kappa shape index (κ2) is 3.47. The van der Waals surface area contributed by atoms with Crippen molar-refractivity contribution in [1.29, 1.82) is 0 Å². The Hall–Kier alpha value is -1.06. The summed E-state index contributed by atoms with van der Waals surface area (Å²) in [5.41, 5.74) is -0.109. The fraction of sp³-hybridized carbons (Fsp3) is 0.833. The highest BCUT2D eigenvalue weighted by Crippen LogP contribution is 2.43. The number of nitrogens with zero attached hydrogens (tertiary/aromatic N) is 1. The predicted molar refractivity (Wildman–Crippen MR) is 58.8 cm³/mol. The molecule has 2 fully saturated rings. The second-order valence-corrected chi connectivity index (χ2v) is 5.86. The van der Waals surface area contributed by atoms with E-state index in [-0.39, 0.29) is 17.4 Å². The summed E-state index contributed by atoms with van der Waals surface area (Å²) >= 11 is 0. The Morgan fingerprint density at radius 1 is 1.31 bits per heavy atom. The maximum Gasteiger partial charge on any atom is 0.307 e. The van der Waals surface area contributed by atoms with Gasteiger partial charge in [-0.25, -0.2) is 0 Å². The number of carboxylic acids is 1. The zero-order valence-corrected chi connectivity index (χ0v) is 10.1. The van der Waals surface area contributed by atoms with Crippen LogP contribution in [0.15, 0.2) is 0 Å². The lowest BCUT2D eigenvalue weighted by molar-refractivity contribution is -0.143. The lowest BCUT2D eigenvalue weighted by Crippen LogP contribution is -2.43. The average Bonchev–Trinajstić information content (AvgIpc) is 2.86. The molecule has 0 aromatic carbocycles. The monoisotopic (exact) mass is 225 g/mol. The van der Waals surface area contributed by atoms with Crippen LogP contribution in [0.5, 0.6) is 0 Å². The molecule has 0 spiro atoms. The summed E-state index contributed by atoms with van der Waals surface area (Å²) < 4.78 is 0. The maximum atomic E-state index is 12.1. The fourth-order valence-corrected chi connectivity index (χ4v) is 2.92. The molecule has 0 aromatic rings. The summed E-state index contributed by atoms with van der Waals surface area (Å²) in [6, 6.07) is 0. The van der Waals surface area contributed by atoms with Crippen LogP contribution in [0.3, 0.4) is 0 Å². The van der Waals surface area contributed by atoms with Gasteiger partial charge in [-0.3, -0.25) is 9.59 Å². The minimum Gasteiger partial charge on any atom is -0.481 e. The highest BCUT2D eigenvalue weighted by atomic mass is 16.4. The molecular formula is C12H19NO3. The van der Waals surface area contributed by atoms with Crippen LogP contribution < -0.4 is 0 Å². The third-order valence-electron chi connectivity index (χ3n) is 3.76. The molecule has 1 saturated heterocycles. The van der Waals surface area contributed by atoms with Crippen LogP contribution >= 0.6 is 0 Å². The molecule has 4 nitrogen and oxygen atoms in total. The number of aliphatic carboxylic acids is 1. The number of carbonyl (C=O) groups excluding carboxylic acids is 1. The van der Waals surface area contributed by atoms with Gasteiger partial charge in [0.15, 0.2) is 0 Å². The largest absolute Gasteiger partial charge is 0.481 e. The van der Waals surface area contributed by atoms with Gasteiger partial charge in [0.1, 0.15) is 0 Å². The molecule has 3 atom stereocenters. The minimum absolute atomic E-state index is 0.0433. The lowest BCUT2D eigenvalue weighted by Gasteiger charge is -2.31. The van der Waals surface area contributed by atoms with E-state index in [0.29, 0.717) is 12.3 Å². The van der Waals surface area contributed by atoms with E-state index in [1.54, 1.807) is 0 Å². The van der Waals surface area contributed by atoms with Crippen molar-refractivity contribution >= 4 is 11.9 Å². The van der Waals surface area contributed by atoms with E-state index in [2.05, 4.69) is 20.8 Å². The van der Waals surface area contributed by atoms with Crippen LogP contribution in [0.25, 0.3) is 0 Å². The van der Waals surface area contributed by atoms with Crippen LogP contribution in [0.4, 0.5) is 0 Å². The van der Waals surface area contributed by atoms with E-state index < -0.39 is 11.9 Å². The Balaban J connectivity index is 2.04. The van der Waals surface area contributed by atoms with E-state index in [1.807, 2.05) is 4.90 Å². The number of likely N-dealkylation sites (tertiary alicyclic amines) is 1. The molecule has 3 unspecified atom stereocenters. The smallest absolute Gasteiger partial charge is 0.307 e. The fourth-order valence-electron chi connectivity index (χ4n) is 2.92. The normalized spacial score (nSPS) is 36.2. The van der Waals surface area contributed by atoms with E-state index in [9.17, 15) is 9.59 Å². The molecule has 1 N–H and O–H groups in total. The van der Waals surface area contributed by atoms with Crippen LogP contribution in [-0.2, 0) is 9.59 Å². The first-order valence-electron chi connectivity index (χ1n) is 5.87. The summed E-state index contributed by atoms with van der Waals surface area (Å²) in [7, 11) is 0. The number of carboxylic acid groups (broad SMARTS) is 1. The van der Waals surface area contributed by atoms with Crippen LogP contribution in [0.2, 0.25) is 0 Å². The van der Waals surface area contributed by atoms with Gasteiger partial charge in [-0.1, -0.05) is 6.92 Å². The van der Waals surface area contributed by atoms with Crippen molar-refractivity contribution in [3.8, 4) is 0 Å². The van der Waals surface area contributed by atoms with Crippen molar-refractivity contribution < 1.29 is 14.7 Å². The Kier molecular flexibility index (Phi) is 2.48. The van der Waals surface area contributed by atoms with Gasteiger partial charge in [-0.2, -0.15) is 0 Å². The summed E-state index contributed by atoms with van der Waals surface area (Å²) in [6.07, 6.45) is 1.53. The zero-order valence-electron chi connectivity index (χ0n) is 10.1. The number of hydrogen-bond acceptors (Lipinski definition) is 2. The molecule has 1 amide bonds. The van der Waals surface area contributed by atoms with Crippen LogP contribution in [-0.4, -0.2) is 34.0 Å². The molecule has 4 heteroatoms. The van der Waals surface area contributed by atoms with E-state index in [4.69, 9.17) is 5.11 Å². The molecule has 2 aliphatic rings. The molecule has 0 bridgehead atoms. The Morgan fingerprint density at radius 3 is 2.31 bits per heavy atom. The number of rotatable bonds is 2. The molecule has 2 rings (SSSR count). The first-order chi connectivity index (χ1) is 7.33. The molecule has 16 heavy (non-hydrogen) atoms. The summed E-state index contributed by atoms with van der Waals surface area (Å²) in [5.74, 6) is -0.965. The predicted octanol–water partition coefficient (Wildman–Crippen LogP) is 1.35. The van der Waals surface area contributed by atoms with Gasteiger partial charge in [0.05, 0.1) is 11.8 Å². The third-order valence-corrected chi connectivity index (χ3v) is 3.76. The van der Waals surface area contributed by atoms with Gasteiger partial charge in [0.2, 0.25) is 5.91 Å². The van der Waals surface area contributed by atoms with Crippen molar-refractivity contribution in [2.45, 2.75) is 39.2 Å². The molecule has 0 radical (unpaired) electrons. The van der Waals surface area contributed by atoms with Gasteiger partial charge in [0.25, 0.3) is 0 Å². The van der Waals surface area contributed by atoms with Crippen LogP contribution in [0, 0.1) is 17.8 Å². The van der Waals surface area contributed by atoms with E-state index in [0.717, 1.165) is 13.0 Å². The number of amides is 1. The standard InChI is InChI=1S/C12H19NO3/c1-7-5-12(2,3)13(6-7)10(14)8-4-9(8)11(15)16/h7-9H,4-6H2,1-3H3,(H,15,16). The summed E-state index contributed by atoms with van der Waals surface area (Å²) in [6.45, 7) is 7.03. The van der Waals surface area contributed by atoms with Crippen molar-refractivity contribution in [3.05, 3.63) is 0 Å². The van der Waals surface area contributed by atoms with Gasteiger partial charge in [0, 0.05) is 12.1 Å². The van der Waals surface area contributed by atoms with Crippen molar-refractivity contribution in [1.82, 2.24) is 4.90 Å². The van der Waals surface area contributed by atoms with Crippen molar-refractivity contribution in [3.63, 3.8) is 0 Å². The summed E-state index contributed by atoms with van der Waals surface area (Å²) in [4.78, 5) is 24.8. The Morgan fingerprint density at radius 2 is 1.94 bits per heavy atom. The van der Waals surface area contributed by atoms with Crippen molar-refractivity contribution in [2.75, 3.05) is 6.54 Å². The Bertz CT molecular complexity index is 337. The van der Waals surface area contributed by atoms with E-state index >= 15 is 0 Å². The molecular weight excluding hydrogens is 206 g/mol. The molecule has 1 heterocycles. The van der Waals surface area contributed by atoms with E-state index in [1.165, 1.54) is 0 Å². The molecule has 1 aliphatic heterocycles. The highest BCUT2D eigenvalue weighted by molar-refractivity contribution is 5.90. The van der Waals surface area contributed by atoms with Crippen molar-refractivity contribution in [2.24, 2.45) is 17.8 Å². The molecule has 1 saturated carbocycles. The topological polar surface area (TPSA) is 57.6 Å². The third kappa shape index (κ3) is 1.81. The first kappa shape index (κ1) is 11.4. The molecule has 0 aromatic heterocycles. The lowest BCUT2D eigenvalue weighted by atomic mass is 9.97. The van der Waals surface area contributed by atoms with Crippen LogP contribution in [0.1, 0.15) is 33.6 Å². The first-order valence-corrected chi connectivity index (χ1v) is 5.87. The maximum absolute atomic E-state index is 12.1. The van der Waals surface area contributed by atoms with Gasteiger partial charge < -0.3 is 10.0 Å². The minimum atomic E-state index is -0.830. The number of carbonyl (C=O) groups is 2. The number of hydrogen-bond donors (Lipinski definition) is 1. The van der Waals surface area contributed by atoms with Gasteiger partial charge >= 0.3 is 5.97 Å². The summed E-state index contributed by atoms with van der Waals surface area (Å²) in [5, 5.41) is 8.83. The average molecular weight is 225 g/mol.